The molecule has 3 rings (SSSR count). The van der Waals surface area contributed by atoms with Gasteiger partial charge in [-0.1, -0.05) is 25.2 Å². The summed E-state index contributed by atoms with van der Waals surface area (Å²) in [4.78, 5) is 31.0. The van der Waals surface area contributed by atoms with E-state index in [1.165, 1.54) is 0 Å². The van der Waals surface area contributed by atoms with Crippen molar-refractivity contribution in [2.45, 2.75) is 26.4 Å². The van der Waals surface area contributed by atoms with Crippen molar-refractivity contribution in [3.05, 3.63) is 38.2 Å². The third kappa shape index (κ3) is 4.84. The van der Waals surface area contributed by atoms with Gasteiger partial charge in [-0.15, -0.1) is 0 Å². The number of fused-ring (bicyclic) bond motifs is 1. The Labute approximate surface area is 168 Å². The van der Waals surface area contributed by atoms with E-state index in [0.717, 1.165) is 37.4 Å². The predicted molar refractivity (Wildman–Crippen MR) is 106 cm³/mol. The molecule has 158 valence electrons. The fraction of sp³-hybridized carbons (Fsp3) is 0.556. The summed E-state index contributed by atoms with van der Waals surface area (Å²) in [6, 6.07) is 1.12. The first-order valence-electron chi connectivity index (χ1n) is 9.24. The fourth-order valence-electron chi connectivity index (χ4n) is 3.18. The predicted octanol–water partition coefficient (Wildman–Crippen LogP) is 3.75. The van der Waals surface area contributed by atoms with Gasteiger partial charge in [0, 0.05) is 32.2 Å². The standard InChI is InChI=1S/C18H21F3N4O3S/c1-11(2)3-4-23-5-7-24(8-6-23)17-22-16(26)13-9-12(18(19,20)21)10-14(25(27)28)15(13)29-17/h9-11H,3-8H2,1-2H3. The zero-order valence-corrected chi connectivity index (χ0v) is 16.8. The summed E-state index contributed by atoms with van der Waals surface area (Å²) in [7, 11) is 0. The minimum absolute atomic E-state index is 0.0831. The van der Waals surface area contributed by atoms with Crippen LogP contribution in [-0.4, -0.2) is 47.5 Å². The molecule has 1 saturated heterocycles. The van der Waals surface area contributed by atoms with Crippen LogP contribution < -0.4 is 10.5 Å². The largest absolute Gasteiger partial charge is 0.416 e. The van der Waals surface area contributed by atoms with Gasteiger partial charge in [0.2, 0.25) is 0 Å². The highest BCUT2D eigenvalue weighted by Gasteiger charge is 2.34. The van der Waals surface area contributed by atoms with Gasteiger partial charge in [0.1, 0.15) is 4.70 Å². The molecule has 7 nitrogen and oxygen atoms in total. The summed E-state index contributed by atoms with van der Waals surface area (Å²) < 4.78 is 39.1. The first-order chi connectivity index (χ1) is 13.6. The van der Waals surface area contributed by atoms with E-state index in [1.807, 2.05) is 4.90 Å². The van der Waals surface area contributed by atoms with Crippen LogP contribution >= 0.6 is 11.3 Å². The van der Waals surface area contributed by atoms with Gasteiger partial charge in [-0.05, 0) is 24.9 Å². The van der Waals surface area contributed by atoms with Crippen LogP contribution in [0.25, 0.3) is 10.1 Å². The Morgan fingerprint density at radius 2 is 1.90 bits per heavy atom. The Kier molecular flexibility index (Phi) is 6.08. The molecule has 0 bridgehead atoms. The SMILES string of the molecule is CC(C)CCN1CCN(c2nc(=O)c3cc(C(F)(F)F)cc([N+](=O)[O-])c3s2)CC1. The van der Waals surface area contributed by atoms with E-state index >= 15 is 0 Å². The molecular formula is C18H21F3N4O3S. The average Bonchev–Trinajstić information content (AvgIpc) is 2.65. The lowest BCUT2D eigenvalue weighted by Crippen LogP contribution is -2.47. The van der Waals surface area contributed by atoms with Crippen LogP contribution in [0.3, 0.4) is 0 Å². The lowest BCUT2D eigenvalue weighted by atomic mass is 10.1. The molecule has 0 spiro atoms. The number of hydrogen-bond acceptors (Lipinski definition) is 7. The zero-order valence-electron chi connectivity index (χ0n) is 16.0. The maximum atomic E-state index is 13.1. The van der Waals surface area contributed by atoms with Crippen LogP contribution in [0.2, 0.25) is 0 Å². The minimum Gasteiger partial charge on any atom is -0.345 e. The second-order valence-electron chi connectivity index (χ2n) is 7.44. The molecule has 0 saturated carbocycles. The molecule has 1 aromatic heterocycles. The quantitative estimate of drug-likeness (QED) is 0.531. The van der Waals surface area contributed by atoms with E-state index < -0.39 is 27.9 Å². The topological polar surface area (TPSA) is 79.6 Å². The number of non-ortho nitro benzene ring substituents is 1. The number of benzene rings is 1. The highest BCUT2D eigenvalue weighted by atomic mass is 32.1. The van der Waals surface area contributed by atoms with Gasteiger partial charge >= 0.3 is 6.18 Å². The first-order valence-corrected chi connectivity index (χ1v) is 10.1. The molecule has 1 aliphatic heterocycles. The van der Waals surface area contributed by atoms with Crippen molar-refractivity contribution in [1.29, 1.82) is 0 Å². The average molecular weight is 430 g/mol. The Balaban J connectivity index is 1.93. The number of nitro groups is 1. The molecule has 0 unspecified atom stereocenters. The number of halogens is 3. The molecule has 0 aliphatic carbocycles. The number of nitrogens with zero attached hydrogens (tertiary/aromatic N) is 4. The molecule has 0 amide bonds. The Morgan fingerprint density at radius 3 is 2.45 bits per heavy atom. The molecule has 11 heteroatoms. The summed E-state index contributed by atoms with van der Waals surface area (Å²) in [5, 5.41) is 11.3. The van der Waals surface area contributed by atoms with Crippen molar-refractivity contribution in [3.8, 4) is 0 Å². The molecule has 2 aromatic rings. The maximum absolute atomic E-state index is 13.1. The summed E-state index contributed by atoms with van der Waals surface area (Å²) in [5.74, 6) is 0.600. The fourth-order valence-corrected chi connectivity index (χ4v) is 4.30. The van der Waals surface area contributed by atoms with Crippen LogP contribution in [0.5, 0.6) is 0 Å². The summed E-state index contributed by atoms with van der Waals surface area (Å²) in [6.07, 6.45) is -3.71. The molecule has 1 aliphatic rings. The number of aromatic nitrogens is 1. The van der Waals surface area contributed by atoms with Crippen molar-refractivity contribution in [1.82, 2.24) is 9.88 Å². The molecule has 0 N–H and O–H groups in total. The van der Waals surface area contributed by atoms with Gasteiger partial charge in [-0.2, -0.15) is 18.2 Å². The minimum atomic E-state index is -4.79. The Morgan fingerprint density at radius 1 is 1.24 bits per heavy atom. The van der Waals surface area contributed by atoms with E-state index in [2.05, 4.69) is 23.7 Å². The third-order valence-electron chi connectivity index (χ3n) is 4.88. The van der Waals surface area contributed by atoms with Crippen molar-refractivity contribution >= 4 is 32.2 Å². The van der Waals surface area contributed by atoms with Crippen molar-refractivity contribution in [2.24, 2.45) is 5.92 Å². The molecule has 29 heavy (non-hydrogen) atoms. The molecule has 1 fully saturated rings. The number of rotatable bonds is 5. The van der Waals surface area contributed by atoms with Crippen molar-refractivity contribution in [3.63, 3.8) is 0 Å². The number of piperazine rings is 1. The van der Waals surface area contributed by atoms with Gasteiger partial charge in [0.15, 0.2) is 5.13 Å². The lowest BCUT2D eigenvalue weighted by molar-refractivity contribution is -0.383. The van der Waals surface area contributed by atoms with E-state index in [0.29, 0.717) is 36.3 Å². The maximum Gasteiger partial charge on any atom is 0.416 e. The third-order valence-corrected chi connectivity index (χ3v) is 6.05. The second kappa shape index (κ2) is 8.23. The Hall–Kier alpha value is -2.27. The van der Waals surface area contributed by atoms with Crippen molar-refractivity contribution in [2.75, 3.05) is 37.6 Å². The van der Waals surface area contributed by atoms with Crippen LogP contribution in [0, 0.1) is 16.0 Å². The molecule has 0 radical (unpaired) electrons. The zero-order chi connectivity index (χ0) is 21.3. The number of hydrogen-bond donors (Lipinski definition) is 0. The summed E-state index contributed by atoms with van der Waals surface area (Å²) in [6.45, 7) is 8.01. The highest BCUT2D eigenvalue weighted by molar-refractivity contribution is 7.22. The Bertz CT molecular complexity index is 969. The number of anilines is 1. The molecule has 0 atom stereocenters. The summed E-state index contributed by atoms with van der Waals surface area (Å²) >= 11 is 0.889. The normalized spacial score (nSPS) is 16.0. The second-order valence-corrected chi connectivity index (χ2v) is 8.42. The van der Waals surface area contributed by atoms with Crippen LogP contribution in [0.4, 0.5) is 24.0 Å². The van der Waals surface area contributed by atoms with Gasteiger partial charge in [-0.25, -0.2) is 0 Å². The van der Waals surface area contributed by atoms with Crippen molar-refractivity contribution < 1.29 is 18.1 Å². The van der Waals surface area contributed by atoms with Crippen LogP contribution in [0.15, 0.2) is 16.9 Å². The van der Waals surface area contributed by atoms with E-state index in [9.17, 15) is 28.1 Å². The highest BCUT2D eigenvalue weighted by Crippen LogP contribution is 2.38. The summed E-state index contributed by atoms with van der Waals surface area (Å²) in [5.41, 5.74) is -2.84. The molecule has 2 heterocycles. The molecular weight excluding hydrogens is 409 g/mol. The van der Waals surface area contributed by atoms with Gasteiger partial charge in [0.25, 0.3) is 11.2 Å². The smallest absolute Gasteiger partial charge is 0.345 e. The van der Waals surface area contributed by atoms with Gasteiger partial charge in [0.05, 0.1) is 15.9 Å². The number of alkyl halides is 3. The molecule has 1 aromatic carbocycles. The van der Waals surface area contributed by atoms with E-state index in [4.69, 9.17) is 0 Å². The monoisotopic (exact) mass is 430 g/mol. The van der Waals surface area contributed by atoms with Crippen LogP contribution in [-0.2, 0) is 6.18 Å². The van der Waals surface area contributed by atoms with Gasteiger partial charge < -0.3 is 4.90 Å². The first kappa shape index (κ1) is 21.4. The number of nitro benzene ring substituents is 1. The van der Waals surface area contributed by atoms with E-state index in [-0.39, 0.29) is 10.1 Å². The lowest BCUT2D eigenvalue weighted by Gasteiger charge is -2.35. The van der Waals surface area contributed by atoms with Gasteiger partial charge in [-0.3, -0.25) is 19.8 Å². The van der Waals surface area contributed by atoms with Crippen LogP contribution in [0.1, 0.15) is 25.8 Å². The van der Waals surface area contributed by atoms with E-state index in [1.54, 1.807) is 0 Å².